The van der Waals surface area contributed by atoms with E-state index < -0.39 is 0 Å². The topological polar surface area (TPSA) is 78.6 Å². The molecule has 19 heavy (non-hydrogen) atoms. The number of fused-ring (bicyclic) bond motifs is 1. The molecule has 0 radical (unpaired) electrons. The van der Waals surface area contributed by atoms with Crippen LogP contribution in [0.1, 0.15) is 5.69 Å². The Morgan fingerprint density at radius 1 is 1.21 bits per heavy atom. The molecule has 0 aliphatic rings. The lowest BCUT2D eigenvalue weighted by molar-refractivity contribution is 1.16. The molecule has 4 N–H and O–H groups in total. The largest absolute Gasteiger partial charge is 0.382 e. The molecule has 0 unspecified atom stereocenters. The second-order valence-electron chi connectivity index (χ2n) is 4.09. The van der Waals surface area contributed by atoms with Gasteiger partial charge in [0.25, 0.3) is 0 Å². The van der Waals surface area contributed by atoms with Gasteiger partial charge in [-0.1, -0.05) is 30.0 Å². The minimum atomic E-state index is -0.0146. The number of nitrogens with zero attached hydrogens (tertiary/aromatic N) is 1. The summed E-state index contributed by atoms with van der Waals surface area (Å²) in [5.41, 5.74) is 7.16. The zero-order valence-electron chi connectivity index (χ0n) is 10.1. The van der Waals surface area contributed by atoms with Crippen molar-refractivity contribution in [1.29, 1.82) is 5.41 Å². The Hall–Kier alpha value is -2.27. The molecule has 0 bridgehead atoms. The molecule has 0 fully saturated rings. The standard InChI is InChI=1S/C14H12N4S/c15-14(16)13-11(6-3-7-17-13)19-12-8-9-4-1-2-5-10(9)18-12/h1-8,18H,(H3,15,16). The van der Waals surface area contributed by atoms with Crippen LogP contribution in [-0.2, 0) is 0 Å². The van der Waals surface area contributed by atoms with Crippen LogP contribution in [0.2, 0.25) is 0 Å². The third-order valence-electron chi connectivity index (χ3n) is 2.75. The summed E-state index contributed by atoms with van der Waals surface area (Å²) in [6, 6.07) is 13.9. The van der Waals surface area contributed by atoms with Crippen molar-refractivity contribution >= 4 is 28.5 Å². The van der Waals surface area contributed by atoms with E-state index in [0.29, 0.717) is 5.69 Å². The van der Waals surface area contributed by atoms with E-state index >= 15 is 0 Å². The molecule has 4 nitrogen and oxygen atoms in total. The van der Waals surface area contributed by atoms with E-state index in [0.717, 1.165) is 15.4 Å². The highest BCUT2D eigenvalue weighted by atomic mass is 32.2. The van der Waals surface area contributed by atoms with Gasteiger partial charge < -0.3 is 10.7 Å². The van der Waals surface area contributed by atoms with Gasteiger partial charge in [-0.25, -0.2) is 0 Å². The fourth-order valence-corrected chi connectivity index (χ4v) is 2.89. The molecular weight excluding hydrogens is 256 g/mol. The first-order valence-electron chi connectivity index (χ1n) is 5.79. The predicted octanol–water partition coefficient (Wildman–Crippen LogP) is 3.00. The highest BCUT2D eigenvalue weighted by Crippen LogP contribution is 2.31. The van der Waals surface area contributed by atoms with Crippen LogP contribution in [0, 0.1) is 5.41 Å². The smallest absolute Gasteiger partial charge is 0.142 e. The van der Waals surface area contributed by atoms with Gasteiger partial charge in [-0.2, -0.15) is 0 Å². The van der Waals surface area contributed by atoms with Crippen LogP contribution < -0.4 is 5.73 Å². The SMILES string of the molecule is N=C(N)c1ncccc1Sc1cc2ccccc2[nH]1. The van der Waals surface area contributed by atoms with Crippen molar-refractivity contribution in [2.45, 2.75) is 9.92 Å². The molecule has 0 aliphatic heterocycles. The summed E-state index contributed by atoms with van der Waals surface area (Å²) in [5.74, 6) is -0.0146. The lowest BCUT2D eigenvalue weighted by atomic mass is 10.3. The highest BCUT2D eigenvalue weighted by molar-refractivity contribution is 7.99. The van der Waals surface area contributed by atoms with Crippen molar-refractivity contribution in [2.75, 3.05) is 0 Å². The van der Waals surface area contributed by atoms with Crippen molar-refractivity contribution in [1.82, 2.24) is 9.97 Å². The van der Waals surface area contributed by atoms with Crippen LogP contribution in [0.25, 0.3) is 10.9 Å². The van der Waals surface area contributed by atoms with E-state index in [9.17, 15) is 0 Å². The van der Waals surface area contributed by atoms with Crippen molar-refractivity contribution < 1.29 is 0 Å². The molecule has 3 rings (SSSR count). The molecule has 2 heterocycles. The number of para-hydroxylation sites is 1. The van der Waals surface area contributed by atoms with Crippen LogP contribution in [0.3, 0.4) is 0 Å². The summed E-state index contributed by atoms with van der Waals surface area (Å²) in [7, 11) is 0. The number of hydrogen-bond donors (Lipinski definition) is 3. The molecule has 5 heteroatoms. The van der Waals surface area contributed by atoms with E-state index in [2.05, 4.69) is 22.1 Å². The molecule has 0 atom stereocenters. The van der Waals surface area contributed by atoms with Gasteiger partial charge in [0.1, 0.15) is 11.5 Å². The lowest BCUT2D eigenvalue weighted by Gasteiger charge is -2.04. The maximum Gasteiger partial charge on any atom is 0.142 e. The molecule has 3 aromatic rings. The first-order chi connectivity index (χ1) is 9.24. The van der Waals surface area contributed by atoms with Gasteiger partial charge in [-0.05, 0) is 24.3 Å². The second kappa shape index (κ2) is 4.78. The Kier molecular flexibility index (Phi) is 2.97. The maximum absolute atomic E-state index is 7.54. The Labute approximate surface area is 114 Å². The highest BCUT2D eigenvalue weighted by Gasteiger charge is 2.09. The van der Waals surface area contributed by atoms with Crippen LogP contribution >= 0.6 is 11.8 Å². The van der Waals surface area contributed by atoms with Crippen LogP contribution in [0.15, 0.2) is 58.6 Å². The monoisotopic (exact) mass is 268 g/mol. The first-order valence-corrected chi connectivity index (χ1v) is 6.61. The number of rotatable bonds is 3. The fourth-order valence-electron chi connectivity index (χ4n) is 1.90. The van der Waals surface area contributed by atoms with Crippen LogP contribution in [-0.4, -0.2) is 15.8 Å². The number of nitrogens with two attached hydrogens (primary N) is 1. The Bertz CT molecular complexity index is 715. The zero-order chi connectivity index (χ0) is 13.2. The Morgan fingerprint density at radius 3 is 2.84 bits per heavy atom. The first kappa shape index (κ1) is 11.8. The van der Waals surface area contributed by atoms with Crippen molar-refractivity contribution in [3.8, 4) is 0 Å². The van der Waals surface area contributed by atoms with E-state index in [1.165, 1.54) is 17.1 Å². The van der Waals surface area contributed by atoms with E-state index in [-0.39, 0.29) is 5.84 Å². The van der Waals surface area contributed by atoms with Crippen molar-refractivity contribution in [3.63, 3.8) is 0 Å². The zero-order valence-corrected chi connectivity index (χ0v) is 10.9. The van der Waals surface area contributed by atoms with E-state index in [1.54, 1.807) is 6.20 Å². The molecule has 0 aliphatic carbocycles. The normalized spacial score (nSPS) is 10.7. The average Bonchev–Trinajstić information content (AvgIpc) is 2.81. The number of aromatic nitrogens is 2. The second-order valence-corrected chi connectivity index (χ2v) is 5.17. The van der Waals surface area contributed by atoms with Gasteiger partial charge in [-0.3, -0.25) is 10.4 Å². The predicted molar refractivity (Wildman–Crippen MR) is 77.7 cm³/mol. The van der Waals surface area contributed by atoms with Gasteiger partial charge in [0.2, 0.25) is 0 Å². The summed E-state index contributed by atoms with van der Waals surface area (Å²) in [6.45, 7) is 0. The number of H-pyrrole nitrogens is 1. The number of hydrogen-bond acceptors (Lipinski definition) is 3. The van der Waals surface area contributed by atoms with Crippen molar-refractivity contribution in [3.05, 3.63) is 54.4 Å². The summed E-state index contributed by atoms with van der Waals surface area (Å²) in [6.07, 6.45) is 1.64. The number of pyridine rings is 1. The maximum atomic E-state index is 7.54. The minimum absolute atomic E-state index is 0.0146. The summed E-state index contributed by atoms with van der Waals surface area (Å²) in [5, 5.41) is 9.72. The summed E-state index contributed by atoms with van der Waals surface area (Å²) < 4.78 is 0. The fraction of sp³-hybridized carbons (Fsp3) is 0. The molecule has 0 spiro atoms. The van der Waals surface area contributed by atoms with E-state index in [1.807, 2.05) is 30.3 Å². The molecule has 94 valence electrons. The Balaban J connectivity index is 1.99. The average molecular weight is 268 g/mol. The molecule has 1 aromatic carbocycles. The lowest BCUT2D eigenvalue weighted by Crippen LogP contribution is -2.14. The quantitative estimate of drug-likeness (QED) is 0.504. The third-order valence-corrected chi connectivity index (χ3v) is 3.74. The molecule has 0 saturated heterocycles. The summed E-state index contributed by atoms with van der Waals surface area (Å²) in [4.78, 5) is 8.35. The number of aromatic amines is 1. The number of nitrogens with one attached hydrogen (secondary N) is 2. The Morgan fingerprint density at radius 2 is 2.05 bits per heavy atom. The van der Waals surface area contributed by atoms with E-state index in [4.69, 9.17) is 11.1 Å². The van der Waals surface area contributed by atoms with Gasteiger partial charge in [0.05, 0.1) is 5.03 Å². The van der Waals surface area contributed by atoms with Crippen LogP contribution in [0.5, 0.6) is 0 Å². The van der Waals surface area contributed by atoms with Gasteiger partial charge in [0, 0.05) is 22.0 Å². The minimum Gasteiger partial charge on any atom is -0.382 e. The number of benzene rings is 1. The van der Waals surface area contributed by atoms with Gasteiger partial charge >= 0.3 is 0 Å². The third kappa shape index (κ3) is 2.32. The van der Waals surface area contributed by atoms with Crippen molar-refractivity contribution in [2.24, 2.45) is 5.73 Å². The molecule has 0 saturated carbocycles. The van der Waals surface area contributed by atoms with Gasteiger partial charge in [-0.15, -0.1) is 0 Å². The number of nitrogen functional groups attached to an aromatic ring is 1. The summed E-state index contributed by atoms with van der Waals surface area (Å²) >= 11 is 1.53. The van der Waals surface area contributed by atoms with Crippen LogP contribution in [0.4, 0.5) is 0 Å². The molecule has 0 amide bonds. The van der Waals surface area contributed by atoms with Gasteiger partial charge in [0.15, 0.2) is 0 Å². The molecule has 2 aromatic heterocycles. The number of amidine groups is 1. The molecular formula is C14H12N4S.